The highest BCUT2D eigenvalue weighted by Gasteiger charge is 1.99. The lowest BCUT2D eigenvalue weighted by Gasteiger charge is -2.02. The van der Waals surface area contributed by atoms with Gasteiger partial charge in [0.15, 0.2) is 12.0 Å². The molecule has 0 aliphatic heterocycles. The molecule has 1 heterocycles. The molecule has 0 unspecified atom stereocenters. The van der Waals surface area contributed by atoms with E-state index in [9.17, 15) is 0 Å². The number of nitrogens with zero attached hydrogens (tertiary/aromatic N) is 1. The predicted octanol–water partition coefficient (Wildman–Crippen LogP) is 0.952. The van der Waals surface area contributed by atoms with Crippen LogP contribution in [-0.4, -0.2) is 29.8 Å². The highest BCUT2D eigenvalue weighted by Crippen LogP contribution is 2.14. The van der Waals surface area contributed by atoms with E-state index in [0.29, 0.717) is 6.54 Å². The second-order valence-electron chi connectivity index (χ2n) is 3.38. The van der Waals surface area contributed by atoms with Gasteiger partial charge < -0.3 is 14.8 Å². The van der Waals surface area contributed by atoms with E-state index in [1.807, 2.05) is 18.2 Å². The first kappa shape index (κ1) is 10.1. The van der Waals surface area contributed by atoms with Crippen molar-refractivity contribution in [1.29, 1.82) is 0 Å². The zero-order valence-corrected chi connectivity index (χ0v) is 8.44. The van der Waals surface area contributed by atoms with Crippen LogP contribution in [0.25, 0.3) is 11.1 Å². The molecule has 2 N–H and O–H groups in total. The number of hydrogen-bond acceptors (Lipinski definition) is 4. The van der Waals surface area contributed by atoms with Crippen molar-refractivity contribution < 1.29 is 9.52 Å². The topological polar surface area (TPSA) is 58.3 Å². The molecule has 4 nitrogen and oxygen atoms in total. The van der Waals surface area contributed by atoms with Gasteiger partial charge in [0.2, 0.25) is 0 Å². The molecule has 80 valence electrons. The molecule has 2 rings (SSSR count). The fourth-order valence-electron chi connectivity index (χ4n) is 1.49. The van der Waals surface area contributed by atoms with Crippen molar-refractivity contribution in [3.05, 3.63) is 30.2 Å². The number of nitrogens with one attached hydrogen (secondary N) is 1. The van der Waals surface area contributed by atoms with E-state index in [0.717, 1.165) is 24.1 Å². The molecular weight excluding hydrogens is 192 g/mol. The number of rotatable bonds is 5. The average Bonchev–Trinajstić information content (AvgIpc) is 2.71. The third-order valence-corrected chi connectivity index (χ3v) is 2.27. The summed E-state index contributed by atoms with van der Waals surface area (Å²) in [6, 6.07) is 6.01. The first-order valence-corrected chi connectivity index (χ1v) is 5.04. The SMILES string of the molecule is OCCNCCc1ccc2ncoc2c1. The van der Waals surface area contributed by atoms with Crippen LogP contribution in [0.3, 0.4) is 0 Å². The quantitative estimate of drug-likeness (QED) is 0.715. The number of aromatic nitrogens is 1. The summed E-state index contributed by atoms with van der Waals surface area (Å²) in [7, 11) is 0. The lowest BCUT2D eigenvalue weighted by molar-refractivity contribution is 0.293. The maximum atomic E-state index is 8.59. The summed E-state index contributed by atoms with van der Waals surface area (Å²) in [5.41, 5.74) is 2.93. The lowest BCUT2D eigenvalue weighted by atomic mass is 10.1. The van der Waals surface area contributed by atoms with Crippen molar-refractivity contribution in [2.45, 2.75) is 6.42 Å². The largest absolute Gasteiger partial charge is 0.443 e. The summed E-state index contributed by atoms with van der Waals surface area (Å²) in [6.45, 7) is 1.69. The number of hydrogen-bond donors (Lipinski definition) is 2. The van der Waals surface area contributed by atoms with Crippen molar-refractivity contribution in [3.8, 4) is 0 Å². The van der Waals surface area contributed by atoms with Gasteiger partial charge in [0, 0.05) is 6.54 Å². The van der Waals surface area contributed by atoms with Crippen LogP contribution in [0.4, 0.5) is 0 Å². The number of fused-ring (bicyclic) bond motifs is 1. The number of oxazole rings is 1. The summed E-state index contributed by atoms with van der Waals surface area (Å²) >= 11 is 0. The van der Waals surface area contributed by atoms with Gasteiger partial charge in [-0.3, -0.25) is 0 Å². The molecule has 0 atom stereocenters. The smallest absolute Gasteiger partial charge is 0.181 e. The molecule has 0 bridgehead atoms. The molecule has 0 spiro atoms. The number of benzene rings is 1. The predicted molar refractivity (Wildman–Crippen MR) is 57.7 cm³/mol. The Kier molecular flexibility index (Phi) is 3.32. The molecule has 1 aromatic heterocycles. The van der Waals surface area contributed by atoms with Gasteiger partial charge in [-0.05, 0) is 30.7 Å². The monoisotopic (exact) mass is 206 g/mol. The van der Waals surface area contributed by atoms with Gasteiger partial charge >= 0.3 is 0 Å². The maximum absolute atomic E-state index is 8.59. The van der Waals surface area contributed by atoms with E-state index in [2.05, 4.69) is 10.3 Å². The third-order valence-electron chi connectivity index (χ3n) is 2.27. The average molecular weight is 206 g/mol. The zero-order valence-electron chi connectivity index (χ0n) is 8.44. The van der Waals surface area contributed by atoms with E-state index in [4.69, 9.17) is 9.52 Å². The normalized spacial score (nSPS) is 11.0. The van der Waals surface area contributed by atoms with Crippen LogP contribution in [0, 0.1) is 0 Å². The second-order valence-corrected chi connectivity index (χ2v) is 3.38. The summed E-state index contributed by atoms with van der Waals surface area (Å²) in [5.74, 6) is 0. The van der Waals surface area contributed by atoms with Crippen LogP contribution in [0.1, 0.15) is 5.56 Å². The Bertz CT molecular complexity index is 425. The van der Waals surface area contributed by atoms with Gasteiger partial charge in [0.1, 0.15) is 5.52 Å². The fourth-order valence-corrected chi connectivity index (χ4v) is 1.49. The Labute approximate surface area is 87.9 Å². The first-order chi connectivity index (χ1) is 7.40. The molecule has 0 saturated heterocycles. The summed E-state index contributed by atoms with van der Waals surface area (Å²) in [6.07, 6.45) is 2.38. The highest BCUT2D eigenvalue weighted by atomic mass is 16.3. The molecule has 0 amide bonds. The van der Waals surface area contributed by atoms with Crippen molar-refractivity contribution in [2.24, 2.45) is 0 Å². The van der Waals surface area contributed by atoms with Gasteiger partial charge in [-0.1, -0.05) is 6.07 Å². The first-order valence-electron chi connectivity index (χ1n) is 5.04. The van der Waals surface area contributed by atoms with E-state index in [1.165, 1.54) is 12.0 Å². The van der Waals surface area contributed by atoms with Crippen LogP contribution >= 0.6 is 0 Å². The van der Waals surface area contributed by atoms with Crippen LogP contribution in [-0.2, 0) is 6.42 Å². The van der Waals surface area contributed by atoms with Gasteiger partial charge in [-0.15, -0.1) is 0 Å². The van der Waals surface area contributed by atoms with Crippen molar-refractivity contribution in [2.75, 3.05) is 19.7 Å². The molecule has 4 heteroatoms. The summed E-state index contributed by atoms with van der Waals surface area (Å²) in [4.78, 5) is 4.05. The minimum Gasteiger partial charge on any atom is -0.443 e. The van der Waals surface area contributed by atoms with Crippen LogP contribution in [0.5, 0.6) is 0 Å². The standard InChI is InChI=1S/C11H14N2O2/c14-6-5-12-4-3-9-1-2-10-11(7-9)15-8-13-10/h1-2,7-8,12,14H,3-6H2. The second kappa shape index (κ2) is 4.91. The summed E-state index contributed by atoms with van der Waals surface area (Å²) < 4.78 is 5.21. The van der Waals surface area contributed by atoms with Gasteiger partial charge in [-0.2, -0.15) is 0 Å². The van der Waals surface area contributed by atoms with Crippen LogP contribution < -0.4 is 5.32 Å². The van der Waals surface area contributed by atoms with Crippen molar-refractivity contribution in [3.63, 3.8) is 0 Å². The van der Waals surface area contributed by atoms with Crippen molar-refractivity contribution in [1.82, 2.24) is 10.3 Å². The molecule has 0 aliphatic rings. The fraction of sp³-hybridized carbons (Fsp3) is 0.364. The molecule has 0 radical (unpaired) electrons. The molecule has 0 aliphatic carbocycles. The molecule has 0 saturated carbocycles. The maximum Gasteiger partial charge on any atom is 0.181 e. The Hall–Kier alpha value is -1.39. The Morgan fingerprint density at radius 2 is 2.27 bits per heavy atom. The lowest BCUT2D eigenvalue weighted by Crippen LogP contribution is -2.20. The Morgan fingerprint density at radius 3 is 3.13 bits per heavy atom. The molecular formula is C11H14N2O2. The van der Waals surface area contributed by atoms with E-state index >= 15 is 0 Å². The molecule has 15 heavy (non-hydrogen) atoms. The minimum absolute atomic E-state index is 0.182. The Morgan fingerprint density at radius 1 is 1.33 bits per heavy atom. The van der Waals surface area contributed by atoms with Crippen molar-refractivity contribution >= 4 is 11.1 Å². The molecule has 1 aromatic carbocycles. The van der Waals surface area contributed by atoms with E-state index < -0.39 is 0 Å². The van der Waals surface area contributed by atoms with Crippen LogP contribution in [0.15, 0.2) is 29.0 Å². The van der Waals surface area contributed by atoms with Gasteiger partial charge in [0.05, 0.1) is 6.61 Å². The molecule has 2 aromatic rings. The van der Waals surface area contributed by atoms with Crippen LogP contribution in [0.2, 0.25) is 0 Å². The van der Waals surface area contributed by atoms with Gasteiger partial charge in [0.25, 0.3) is 0 Å². The zero-order chi connectivity index (χ0) is 10.5. The summed E-state index contributed by atoms with van der Waals surface area (Å²) in [5, 5.41) is 11.7. The third kappa shape index (κ3) is 2.55. The van der Waals surface area contributed by atoms with E-state index in [1.54, 1.807) is 0 Å². The number of aliphatic hydroxyl groups excluding tert-OH is 1. The highest BCUT2D eigenvalue weighted by molar-refractivity contribution is 5.72. The Balaban J connectivity index is 1.96. The van der Waals surface area contributed by atoms with E-state index in [-0.39, 0.29) is 6.61 Å². The van der Waals surface area contributed by atoms with Gasteiger partial charge in [-0.25, -0.2) is 4.98 Å². The molecule has 0 fully saturated rings. The number of aliphatic hydroxyl groups is 1. The minimum atomic E-state index is 0.182.